The van der Waals surface area contributed by atoms with Crippen LogP contribution in [0.3, 0.4) is 0 Å². The second-order valence-corrected chi connectivity index (χ2v) is 6.80. The van der Waals surface area contributed by atoms with E-state index in [1.165, 1.54) is 29.7 Å². The Morgan fingerprint density at radius 1 is 1.00 bits per heavy atom. The highest BCUT2D eigenvalue weighted by Gasteiger charge is 2.25. The molecule has 0 saturated carbocycles. The molecule has 0 bridgehead atoms. The highest BCUT2D eigenvalue weighted by molar-refractivity contribution is 6.09. The highest BCUT2D eigenvalue weighted by atomic mass is 16.5. The lowest BCUT2D eigenvalue weighted by molar-refractivity contribution is 0.103. The molecule has 0 amide bonds. The lowest BCUT2D eigenvalue weighted by Gasteiger charge is -2.37. The molecule has 0 N–H and O–H groups in total. The van der Waals surface area contributed by atoms with E-state index in [0.29, 0.717) is 6.61 Å². The van der Waals surface area contributed by atoms with Crippen molar-refractivity contribution in [3.63, 3.8) is 0 Å². The average Bonchev–Trinajstić information content (AvgIpc) is 2.62. The number of ether oxygens (including phenoxy) is 1. The van der Waals surface area contributed by atoms with Crippen molar-refractivity contribution in [2.24, 2.45) is 0 Å². The first kappa shape index (κ1) is 15.4. The van der Waals surface area contributed by atoms with Gasteiger partial charge >= 0.3 is 0 Å². The first-order chi connectivity index (χ1) is 11.8. The average molecular weight is 321 g/mol. The number of carbonyl (C=O) groups excluding carboxylic acids is 1. The van der Waals surface area contributed by atoms with Gasteiger partial charge in [-0.1, -0.05) is 24.3 Å². The molecule has 0 aliphatic carbocycles. The molecule has 0 fully saturated rings. The normalized spacial score (nSPS) is 16.0. The van der Waals surface area contributed by atoms with Crippen molar-refractivity contribution in [1.29, 1.82) is 0 Å². The van der Waals surface area contributed by atoms with Crippen LogP contribution in [0.5, 0.6) is 0 Å². The van der Waals surface area contributed by atoms with E-state index in [4.69, 9.17) is 4.74 Å². The minimum Gasteiger partial charge on any atom is -0.380 e. The minimum atomic E-state index is 0.126. The van der Waals surface area contributed by atoms with Gasteiger partial charge in [-0.2, -0.15) is 0 Å². The first-order valence-electron chi connectivity index (χ1n) is 8.79. The second kappa shape index (κ2) is 6.40. The predicted molar refractivity (Wildman–Crippen MR) is 95.9 cm³/mol. The van der Waals surface area contributed by atoms with Gasteiger partial charge in [0.15, 0.2) is 5.78 Å². The Kier molecular flexibility index (Phi) is 4.11. The Balaban J connectivity index is 1.68. The highest BCUT2D eigenvalue weighted by Crippen LogP contribution is 2.36. The van der Waals surface area contributed by atoms with Crippen LogP contribution in [0.2, 0.25) is 0 Å². The van der Waals surface area contributed by atoms with Crippen LogP contribution in [-0.2, 0) is 24.2 Å². The predicted octanol–water partition coefficient (Wildman–Crippen LogP) is 3.76. The summed E-state index contributed by atoms with van der Waals surface area (Å²) in [6.07, 6.45) is 4.56. The van der Waals surface area contributed by atoms with Crippen molar-refractivity contribution in [3.8, 4) is 0 Å². The maximum absolute atomic E-state index is 12.9. The van der Waals surface area contributed by atoms with Crippen LogP contribution in [0, 0.1) is 0 Å². The van der Waals surface area contributed by atoms with Crippen molar-refractivity contribution >= 4 is 11.5 Å². The summed E-state index contributed by atoms with van der Waals surface area (Å²) in [5.74, 6) is 0.126. The fraction of sp³-hybridized carbons (Fsp3) is 0.381. The molecule has 0 aromatic heterocycles. The lowest BCUT2D eigenvalue weighted by atomic mass is 9.88. The SMILES string of the molecule is COCc1ccc(C(=O)c2cc3c4c(c2)CCCN4CCC3)cc1. The number of anilines is 1. The summed E-state index contributed by atoms with van der Waals surface area (Å²) < 4.78 is 5.13. The standard InChI is InChI=1S/C21H23NO2/c1-24-14-15-6-8-16(9-7-15)21(23)19-12-17-4-2-10-22-11-3-5-18(13-19)20(17)22/h6-9,12-13H,2-5,10-11,14H2,1H3. The number of hydrogen-bond donors (Lipinski definition) is 0. The topological polar surface area (TPSA) is 29.5 Å². The zero-order chi connectivity index (χ0) is 16.5. The number of hydrogen-bond acceptors (Lipinski definition) is 3. The van der Waals surface area contributed by atoms with Crippen LogP contribution in [-0.4, -0.2) is 26.0 Å². The Morgan fingerprint density at radius 3 is 2.21 bits per heavy atom. The molecule has 0 unspecified atom stereocenters. The molecule has 0 spiro atoms. The van der Waals surface area contributed by atoms with Crippen molar-refractivity contribution in [3.05, 3.63) is 64.2 Å². The third-order valence-electron chi connectivity index (χ3n) is 5.12. The summed E-state index contributed by atoms with van der Waals surface area (Å²) in [7, 11) is 1.68. The van der Waals surface area contributed by atoms with Crippen LogP contribution in [0.15, 0.2) is 36.4 Å². The van der Waals surface area contributed by atoms with Gasteiger partial charge < -0.3 is 9.64 Å². The number of ketones is 1. The van der Waals surface area contributed by atoms with E-state index in [1.54, 1.807) is 7.11 Å². The largest absolute Gasteiger partial charge is 0.380 e. The van der Waals surface area contributed by atoms with E-state index in [9.17, 15) is 4.79 Å². The molecule has 0 atom stereocenters. The number of rotatable bonds is 4. The van der Waals surface area contributed by atoms with Crippen molar-refractivity contribution in [1.82, 2.24) is 0 Å². The molecule has 2 aliphatic rings. The van der Waals surface area contributed by atoms with Gasteiger partial charge in [-0.25, -0.2) is 0 Å². The van der Waals surface area contributed by atoms with Gasteiger partial charge in [0.05, 0.1) is 6.61 Å². The molecule has 4 rings (SSSR count). The third kappa shape index (κ3) is 2.73. The van der Waals surface area contributed by atoms with Gasteiger partial charge in [-0.3, -0.25) is 4.79 Å². The van der Waals surface area contributed by atoms with E-state index in [2.05, 4.69) is 17.0 Å². The number of carbonyl (C=O) groups is 1. The zero-order valence-electron chi connectivity index (χ0n) is 14.2. The van der Waals surface area contributed by atoms with Crippen LogP contribution in [0.25, 0.3) is 0 Å². The molecule has 3 nitrogen and oxygen atoms in total. The van der Waals surface area contributed by atoms with E-state index in [1.807, 2.05) is 24.3 Å². The molecule has 2 aromatic carbocycles. The van der Waals surface area contributed by atoms with E-state index in [0.717, 1.165) is 42.6 Å². The number of benzene rings is 2. The monoisotopic (exact) mass is 321 g/mol. The van der Waals surface area contributed by atoms with Gasteiger partial charge in [0.25, 0.3) is 0 Å². The summed E-state index contributed by atoms with van der Waals surface area (Å²) >= 11 is 0. The summed E-state index contributed by atoms with van der Waals surface area (Å²) in [6.45, 7) is 2.90. The Morgan fingerprint density at radius 2 is 1.62 bits per heavy atom. The number of aryl methyl sites for hydroxylation is 2. The maximum atomic E-state index is 12.9. The van der Waals surface area contributed by atoms with Crippen LogP contribution in [0.4, 0.5) is 5.69 Å². The molecule has 24 heavy (non-hydrogen) atoms. The zero-order valence-corrected chi connectivity index (χ0v) is 14.2. The Bertz CT molecular complexity index is 733. The summed E-state index contributed by atoms with van der Waals surface area (Å²) in [4.78, 5) is 15.4. The van der Waals surface area contributed by atoms with E-state index in [-0.39, 0.29) is 5.78 Å². The number of nitrogens with zero attached hydrogens (tertiary/aromatic N) is 1. The fourth-order valence-electron chi connectivity index (χ4n) is 4.02. The lowest BCUT2D eigenvalue weighted by Crippen LogP contribution is -2.34. The summed E-state index contributed by atoms with van der Waals surface area (Å²) in [5, 5.41) is 0. The molecule has 0 radical (unpaired) electrons. The molecular formula is C21H23NO2. The van der Waals surface area contributed by atoms with Crippen LogP contribution < -0.4 is 4.90 Å². The van der Waals surface area contributed by atoms with E-state index < -0.39 is 0 Å². The van der Waals surface area contributed by atoms with Crippen molar-refractivity contribution in [2.45, 2.75) is 32.3 Å². The summed E-state index contributed by atoms with van der Waals surface area (Å²) in [5.41, 5.74) is 6.82. The molecular weight excluding hydrogens is 298 g/mol. The number of methoxy groups -OCH3 is 1. The van der Waals surface area contributed by atoms with Gasteiger partial charge in [-0.15, -0.1) is 0 Å². The maximum Gasteiger partial charge on any atom is 0.193 e. The molecule has 2 aromatic rings. The molecule has 2 heterocycles. The van der Waals surface area contributed by atoms with Gasteiger partial charge in [0, 0.05) is 37.0 Å². The molecule has 124 valence electrons. The van der Waals surface area contributed by atoms with Crippen LogP contribution >= 0.6 is 0 Å². The first-order valence-corrected chi connectivity index (χ1v) is 8.79. The van der Waals surface area contributed by atoms with Crippen molar-refractivity contribution < 1.29 is 9.53 Å². The van der Waals surface area contributed by atoms with Gasteiger partial charge in [0.2, 0.25) is 0 Å². The fourth-order valence-corrected chi connectivity index (χ4v) is 4.02. The van der Waals surface area contributed by atoms with Crippen molar-refractivity contribution in [2.75, 3.05) is 25.1 Å². The van der Waals surface area contributed by atoms with Gasteiger partial charge in [-0.05, 0) is 54.5 Å². The molecule has 0 saturated heterocycles. The quantitative estimate of drug-likeness (QED) is 0.803. The molecule has 2 aliphatic heterocycles. The Labute approximate surface area is 143 Å². The van der Waals surface area contributed by atoms with Crippen LogP contribution in [0.1, 0.15) is 45.5 Å². The third-order valence-corrected chi connectivity index (χ3v) is 5.12. The van der Waals surface area contributed by atoms with Gasteiger partial charge in [0.1, 0.15) is 0 Å². The molecule has 3 heteroatoms. The summed E-state index contributed by atoms with van der Waals surface area (Å²) in [6, 6.07) is 12.0. The van der Waals surface area contributed by atoms with E-state index >= 15 is 0 Å². The Hall–Kier alpha value is -2.13. The minimum absolute atomic E-state index is 0.126. The second-order valence-electron chi connectivity index (χ2n) is 6.80. The smallest absolute Gasteiger partial charge is 0.193 e.